The van der Waals surface area contributed by atoms with Gasteiger partial charge in [-0.2, -0.15) is 9.28 Å². The molecule has 2 unspecified atom stereocenters. The monoisotopic (exact) mass is 413 g/mol. The molecule has 0 aliphatic carbocycles. The Bertz CT molecular complexity index is 988. The summed E-state index contributed by atoms with van der Waals surface area (Å²) in [6.07, 6.45) is 0.429. The average molecular weight is 414 g/mol. The Labute approximate surface area is 171 Å². The third-order valence-corrected chi connectivity index (χ3v) is 7.81. The van der Waals surface area contributed by atoms with E-state index in [1.54, 1.807) is 0 Å². The van der Waals surface area contributed by atoms with Crippen LogP contribution in [0.4, 0.5) is 4.79 Å². The topological polar surface area (TPSA) is 67.3 Å². The Kier molecular flexibility index (Phi) is 5.23. The highest BCUT2D eigenvalue weighted by Gasteiger charge is 2.55. The number of para-hydroxylation sites is 1. The molecule has 0 radical (unpaired) electrons. The lowest BCUT2D eigenvalue weighted by Gasteiger charge is -2.32. The van der Waals surface area contributed by atoms with Gasteiger partial charge in [0.1, 0.15) is 6.04 Å². The normalized spacial score (nSPS) is 23.0. The zero-order valence-corrected chi connectivity index (χ0v) is 17.1. The molecular weight excluding hydrogens is 392 g/mol. The molecule has 1 aliphatic heterocycles. The molecule has 4 rings (SSSR count). The summed E-state index contributed by atoms with van der Waals surface area (Å²) in [5.74, 6) is -0.270. The first-order valence-electron chi connectivity index (χ1n) is 9.25. The number of carboxylic acid groups (broad SMARTS) is 1. The van der Waals surface area contributed by atoms with Gasteiger partial charge in [0.15, 0.2) is 9.59 Å². The van der Waals surface area contributed by atoms with E-state index in [-0.39, 0.29) is 11.9 Å². The van der Waals surface area contributed by atoms with E-state index in [0.29, 0.717) is 6.54 Å². The van der Waals surface area contributed by atoms with Gasteiger partial charge in [0.25, 0.3) is 0 Å². The quantitative estimate of drug-likeness (QED) is 0.462. The summed E-state index contributed by atoms with van der Waals surface area (Å²) in [7, 11) is 0. The molecule has 5 nitrogen and oxygen atoms in total. The minimum atomic E-state index is -1.05. The van der Waals surface area contributed by atoms with Crippen LogP contribution in [0, 0.1) is 0 Å². The molecule has 1 N–H and O–H groups in total. The van der Waals surface area contributed by atoms with Crippen molar-refractivity contribution >= 4 is 45.3 Å². The number of quaternary nitrogens is 1. The van der Waals surface area contributed by atoms with Gasteiger partial charge in [-0.15, -0.1) is 11.3 Å². The van der Waals surface area contributed by atoms with Crippen molar-refractivity contribution in [3.8, 4) is 0 Å². The Hall–Kier alpha value is -2.22. The predicted octanol–water partition coefficient (Wildman–Crippen LogP) is 5.33. The SMILES string of the molecule is C[C@@H]1CCC[N+]1(C(=O)O)C(=O)C(Sc1nc2ccccc2s1)c1ccccc1. The van der Waals surface area contributed by atoms with Crippen molar-refractivity contribution in [3.63, 3.8) is 0 Å². The molecule has 1 aromatic heterocycles. The number of likely N-dealkylation sites (tertiary alicyclic amines) is 1. The minimum Gasteiger partial charge on any atom is -0.435 e. The van der Waals surface area contributed by atoms with Crippen molar-refractivity contribution in [2.24, 2.45) is 0 Å². The summed E-state index contributed by atoms with van der Waals surface area (Å²) in [5, 5.41) is 9.40. The van der Waals surface area contributed by atoms with Gasteiger partial charge in [-0.25, -0.2) is 9.78 Å². The number of rotatable bonds is 4. The maximum Gasteiger partial charge on any atom is 0.521 e. The van der Waals surface area contributed by atoms with E-state index in [2.05, 4.69) is 4.98 Å². The number of imide groups is 1. The lowest BCUT2D eigenvalue weighted by molar-refractivity contribution is -0.792. The summed E-state index contributed by atoms with van der Waals surface area (Å²) in [4.78, 5) is 30.6. The third kappa shape index (κ3) is 3.23. The van der Waals surface area contributed by atoms with Crippen LogP contribution in [-0.2, 0) is 4.79 Å². The highest BCUT2D eigenvalue weighted by atomic mass is 32.2. The van der Waals surface area contributed by atoms with Gasteiger partial charge in [-0.05, 0) is 24.6 Å². The molecular formula is C21H21N2O3S2+. The number of thiazole rings is 1. The van der Waals surface area contributed by atoms with Crippen LogP contribution in [0.25, 0.3) is 10.2 Å². The van der Waals surface area contributed by atoms with Gasteiger partial charge in [-0.3, -0.25) is 0 Å². The molecule has 28 heavy (non-hydrogen) atoms. The first-order valence-corrected chi connectivity index (χ1v) is 10.9. The van der Waals surface area contributed by atoms with Crippen molar-refractivity contribution < 1.29 is 19.2 Å². The lowest BCUT2D eigenvalue weighted by atomic mass is 10.1. The Morgan fingerprint density at radius 1 is 1.18 bits per heavy atom. The summed E-state index contributed by atoms with van der Waals surface area (Å²) in [6.45, 7) is 2.21. The standard InChI is InChI=1S/C21H20N2O3S2/c1-14-8-7-13-23(14,21(25)26)19(24)18(15-9-3-2-4-10-15)28-20-22-16-11-5-6-12-17(16)27-20/h2-6,9-12,14,18H,7-8,13H2,1H3/p+1/t14-,18?,23?/m1/s1. The minimum absolute atomic E-state index is 0.229. The van der Waals surface area contributed by atoms with Crippen LogP contribution in [0.1, 0.15) is 30.6 Å². The van der Waals surface area contributed by atoms with Gasteiger partial charge in [-0.1, -0.05) is 54.2 Å². The highest BCUT2D eigenvalue weighted by Crippen LogP contribution is 2.43. The average Bonchev–Trinajstić information content (AvgIpc) is 3.29. The number of fused-ring (bicyclic) bond motifs is 1. The van der Waals surface area contributed by atoms with E-state index in [1.807, 2.05) is 61.5 Å². The van der Waals surface area contributed by atoms with Gasteiger partial charge in [0, 0.05) is 12.8 Å². The van der Waals surface area contributed by atoms with E-state index < -0.39 is 15.8 Å². The molecule has 2 aromatic carbocycles. The van der Waals surface area contributed by atoms with Crippen LogP contribution in [0.3, 0.4) is 0 Å². The van der Waals surface area contributed by atoms with E-state index in [4.69, 9.17) is 0 Å². The van der Waals surface area contributed by atoms with Crippen LogP contribution < -0.4 is 0 Å². The van der Waals surface area contributed by atoms with Gasteiger partial charge >= 0.3 is 12.0 Å². The van der Waals surface area contributed by atoms with Gasteiger partial charge < -0.3 is 5.11 Å². The first kappa shape index (κ1) is 19.1. The van der Waals surface area contributed by atoms with E-state index >= 15 is 0 Å². The molecule has 7 heteroatoms. The van der Waals surface area contributed by atoms with Crippen LogP contribution in [0.2, 0.25) is 0 Å². The summed E-state index contributed by atoms with van der Waals surface area (Å²) >= 11 is 2.89. The van der Waals surface area contributed by atoms with Crippen LogP contribution in [0.15, 0.2) is 58.9 Å². The van der Waals surface area contributed by atoms with Gasteiger partial charge in [0.05, 0.1) is 16.8 Å². The highest BCUT2D eigenvalue weighted by molar-refractivity contribution is 8.02. The summed E-state index contributed by atoms with van der Waals surface area (Å²) < 4.78 is 1.33. The number of benzene rings is 2. The van der Waals surface area contributed by atoms with Crippen LogP contribution in [0.5, 0.6) is 0 Å². The molecule has 1 saturated heterocycles. The lowest BCUT2D eigenvalue weighted by Crippen LogP contribution is -2.59. The van der Waals surface area contributed by atoms with Crippen molar-refractivity contribution in [3.05, 3.63) is 60.2 Å². The smallest absolute Gasteiger partial charge is 0.435 e. The maximum atomic E-state index is 13.7. The Balaban J connectivity index is 1.75. The first-order chi connectivity index (χ1) is 13.5. The van der Waals surface area contributed by atoms with Crippen molar-refractivity contribution in [1.82, 2.24) is 4.98 Å². The number of hydrogen-bond acceptors (Lipinski definition) is 5. The number of thioether (sulfide) groups is 1. The molecule has 0 bridgehead atoms. The fraction of sp³-hybridized carbons (Fsp3) is 0.286. The van der Waals surface area contributed by atoms with E-state index in [9.17, 15) is 14.7 Å². The second kappa shape index (κ2) is 7.66. The second-order valence-electron chi connectivity index (χ2n) is 7.06. The Morgan fingerprint density at radius 2 is 1.89 bits per heavy atom. The zero-order chi connectivity index (χ0) is 19.7. The van der Waals surface area contributed by atoms with Gasteiger partial charge in [0.2, 0.25) is 0 Å². The predicted molar refractivity (Wildman–Crippen MR) is 112 cm³/mol. The van der Waals surface area contributed by atoms with Crippen LogP contribution in [-0.4, -0.2) is 39.2 Å². The van der Waals surface area contributed by atoms with E-state index in [0.717, 1.165) is 33.0 Å². The molecule has 2 heterocycles. The van der Waals surface area contributed by atoms with Crippen molar-refractivity contribution in [2.75, 3.05) is 6.54 Å². The third-order valence-electron chi connectivity index (χ3n) is 5.44. The molecule has 3 aromatic rings. The van der Waals surface area contributed by atoms with Crippen molar-refractivity contribution in [2.45, 2.75) is 35.4 Å². The fourth-order valence-electron chi connectivity index (χ4n) is 3.88. The van der Waals surface area contributed by atoms with Crippen LogP contribution >= 0.6 is 23.1 Å². The largest absolute Gasteiger partial charge is 0.521 e. The number of amides is 2. The van der Waals surface area contributed by atoms with E-state index in [1.165, 1.54) is 23.1 Å². The summed E-state index contributed by atoms with van der Waals surface area (Å²) in [6, 6.07) is 17.1. The molecule has 144 valence electrons. The summed E-state index contributed by atoms with van der Waals surface area (Å²) in [5.41, 5.74) is 1.71. The molecule has 1 fully saturated rings. The molecule has 1 aliphatic rings. The zero-order valence-electron chi connectivity index (χ0n) is 15.4. The maximum absolute atomic E-state index is 13.7. The molecule has 0 spiro atoms. The number of carbonyl (C=O) groups is 2. The fourth-order valence-corrected chi connectivity index (χ4v) is 6.27. The number of carbonyl (C=O) groups excluding carboxylic acids is 1. The van der Waals surface area contributed by atoms with Crippen molar-refractivity contribution in [1.29, 1.82) is 0 Å². The molecule has 2 amide bonds. The number of aromatic nitrogens is 1. The number of hydrogen-bond donors (Lipinski definition) is 1. The Morgan fingerprint density at radius 3 is 2.54 bits per heavy atom. The second-order valence-corrected chi connectivity index (χ2v) is 9.44. The molecule has 0 saturated carbocycles. The molecule has 3 atom stereocenters. The number of nitrogens with zero attached hydrogens (tertiary/aromatic N) is 2.